The monoisotopic (exact) mass is 192 g/mol. The van der Waals surface area contributed by atoms with Crippen LogP contribution in [0.3, 0.4) is 0 Å². The second-order valence-corrected chi connectivity index (χ2v) is 2.80. The second-order valence-electron chi connectivity index (χ2n) is 2.80. The Labute approximate surface area is 81.4 Å². The molecule has 0 aromatic heterocycles. The number of carbonyl (C=O) groups excluding carboxylic acids is 1. The predicted octanol–water partition coefficient (Wildman–Crippen LogP) is 1.37. The van der Waals surface area contributed by atoms with Gasteiger partial charge in [-0.1, -0.05) is 11.8 Å². The van der Waals surface area contributed by atoms with Gasteiger partial charge in [-0.15, -0.1) is 0 Å². The number of hydrogen-bond acceptors (Lipinski definition) is 2. The number of aldehydes is 1. The Balaban J connectivity index is 3.03. The SMILES string of the molecule is C[C@H](O)C#Cc1ccc(F)c(C=O)c1. The van der Waals surface area contributed by atoms with Crippen LogP contribution in [-0.2, 0) is 0 Å². The first-order chi connectivity index (χ1) is 6.63. The fourth-order valence-electron chi connectivity index (χ4n) is 0.900. The summed E-state index contributed by atoms with van der Waals surface area (Å²) in [5.41, 5.74) is 0.483. The van der Waals surface area contributed by atoms with Crippen molar-refractivity contribution in [1.29, 1.82) is 0 Å². The van der Waals surface area contributed by atoms with E-state index in [0.29, 0.717) is 11.8 Å². The van der Waals surface area contributed by atoms with Crippen LogP contribution in [0.4, 0.5) is 4.39 Å². The summed E-state index contributed by atoms with van der Waals surface area (Å²) in [5, 5.41) is 8.88. The largest absolute Gasteiger partial charge is 0.381 e. The number of rotatable bonds is 1. The van der Waals surface area contributed by atoms with Gasteiger partial charge >= 0.3 is 0 Å². The summed E-state index contributed by atoms with van der Waals surface area (Å²) < 4.78 is 12.8. The zero-order valence-corrected chi connectivity index (χ0v) is 7.62. The summed E-state index contributed by atoms with van der Waals surface area (Å²) >= 11 is 0. The number of hydrogen-bond donors (Lipinski definition) is 1. The molecule has 0 amide bonds. The highest BCUT2D eigenvalue weighted by Crippen LogP contribution is 2.07. The first kappa shape index (κ1) is 10.4. The molecule has 0 radical (unpaired) electrons. The summed E-state index contributed by atoms with van der Waals surface area (Å²) in [6.07, 6.45) is -0.303. The predicted molar refractivity (Wildman–Crippen MR) is 50.3 cm³/mol. The first-order valence-electron chi connectivity index (χ1n) is 4.08. The van der Waals surface area contributed by atoms with Crippen molar-refractivity contribution in [2.24, 2.45) is 0 Å². The lowest BCUT2D eigenvalue weighted by atomic mass is 10.1. The van der Waals surface area contributed by atoms with E-state index in [4.69, 9.17) is 5.11 Å². The van der Waals surface area contributed by atoms with E-state index in [-0.39, 0.29) is 5.56 Å². The van der Waals surface area contributed by atoms with Crippen molar-refractivity contribution in [3.8, 4) is 11.8 Å². The van der Waals surface area contributed by atoms with E-state index in [1.807, 2.05) is 0 Å². The van der Waals surface area contributed by atoms with Crippen molar-refractivity contribution in [2.75, 3.05) is 0 Å². The summed E-state index contributed by atoms with van der Waals surface area (Å²) in [7, 11) is 0. The van der Waals surface area contributed by atoms with Crippen LogP contribution in [-0.4, -0.2) is 17.5 Å². The number of aliphatic hydroxyl groups excluding tert-OH is 1. The van der Waals surface area contributed by atoms with E-state index in [1.54, 1.807) is 0 Å². The first-order valence-corrected chi connectivity index (χ1v) is 4.08. The summed E-state index contributed by atoms with van der Waals surface area (Å²) in [5.74, 6) is 4.55. The fraction of sp³-hybridized carbons (Fsp3) is 0.182. The van der Waals surface area contributed by atoms with E-state index < -0.39 is 11.9 Å². The van der Waals surface area contributed by atoms with Crippen molar-refractivity contribution in [2.45, 2.75) is 13.0 Å². The molecule has 1 aromatic rings. The molecule has 1 rings (SSSR count). The van der Waals surface area contributed by atoms with Gasteiger partial charge in [0, 0.05) is 5.56 Å². The maximum Gasteiger partial charge on any atom is 0.153 e. The van der Waals surface area contributed by atoms with Crippen molar-refractivity contribution < 1.29 is 14.3 Å². The zero-order chi connectivity index (χ0) is 10.6. The standard InChI is InChI=1S/C11H9FO2/c1-8(14)2-3-9-4-5-11(12)10(6-9)7-13/h4-8,14H,1H3/t8-/m0/s1. The molecule has 0 aliphatic heterocycles. The lowest BCUT2D eigenvalue weighted by Gasteiger charge is -1.95. The number of benzene rings is 1. The molecule has 14 heavy (non-hydrogen) atoms. The highest BCUT2D eigenvalue weighted by atomic mass is 19.1. The summed E-state index contributed by atoms with van der Waals surface area (Å²) in [6, 6.07) is 3.98. The van der Waals surface area contributed by atoms with Crippen LogP contribution in [0.1, 0.15) is 22.8 Å². The van der Waals surface area contributed by atoms with Crippen molar-refractivity contribution >= 4 is 6.29 Å². The molecule has 0 unspecified atom stereocenters. The number of carbonyl (C=O) groups is 1. The van der Waals surface area contributed by atoms with Crippen molar-refractivity contribution in [3.05, 3.63) is 35.1 Å². The van der Waals surface area contributed by atoms with Gasteiger partial charge in [0.1, 0.15) is 11.9 Å². The molecule has 72 valence electrons. The van der Waals surface area contributed by atoms with Gasteiger partial charge in [-0.3, -0.25) is 4.79 Å². The van der Waals surface area contributed by atoms with Gasteiger partial charge in [-0.25, -0.2) is 4.39 Å². The van der Waals surface area contributed by atoms with Crippen LogP contribution in [0.15, 0.2) is 18.2 Å². The Morgan fingerprint density at radius 2 is 2.29 bits per heavy atom. The van der Waals surface area contributed by atoms with Gasteiger partial charge in [-0.05, 0) is 25.1 Å². The van der Waals surface area contributed by atoms with Crippen LogP contribution >= 0.6 is 0 Å². The molecule has 0 bridgehead atoms. The smallest absolute Gasteiger partial charge is 0.153 e. The molecule has 0 heterocycles. The Kier molecular flexibility index (Phi) is 3.38. The van der Waals surface area contributed by atoms with Gasteiger partial charge in [0.25, 0.3) is 0 Å². The molecule has 2 nitrogen and oxygen atoms in total. The molecule has 0 aliphatic carbocycles. The highest BCUT2D eigenvalue weighted by molar-refractivity contribution is 5.76. The van der Waals surface area contributed by atoms with Crippen molar-refractivity contribution in [3.63, 3.8) is 0 Å². The Bertz CT molecular complexity index is 399. The van der Waals surface area contributed by atoms with E-state index in [9.17, 15) is 9.18 Å². The third-order valence-electron chi connectivity index (χ3n) is 1.55. The molecular formula is C11H9FO2. The minimum Gasteiger partial charge on any atom is -0.381 e. The van der Waals surface area contributed by atoms with Gasteiger partial charge in [0.2, 0.25) is 0 Å². The van der Waals surface area contributed by atoms with Crippen LogP contribution in [0.2, 0.25) is 0 Å². The van der Waals surface area contributed by atoms with E-state index in [1.165, 1.54) is 25.1 Å². The van der Waals surface area contributed by atoms with Gasteiger partial charge in [0.05, 0.1) is 5.56 Å². The average Bonchev–Trinajstić information content (AvgIpc) is 2.16. The maximum absolute atomic E-state index is 12.8. The summed E-state index contributed by atoms with van der Waals surface area (Å²) in [6.45, 7) is 1.52. The molecule has 0 spiro atoms. The van der Waals surface area contributed by atoms with E-state index in [0.717, 1.165) is 0 Å². The number of halogens is 1. The summed E-state index contributed by atoms with van der Waals surface area (Å²) in [4.78, 5) is 10.4. The molecular weight excluding hydrogens is 183 g/mol. The lowest BCUT2D eigenvalue weighted by molar-refractivity contribution is 0.112. The molecule has 1 atom stereocenters. The normalized spacial score (nSPS) is 11.4. The quantitative estimate of drug-likeness (QED) is 0.539. The zero-order valence-electron chi connectivity index (χ0n) is 7.62. The number of aliphatic hydroxyl groups is 1. The van der Waals surface area contributed by atoms with Gasteiger partial charge < -0.3 is 5.11 Å². The minimum absolute atomic E-state index is 0.0256. The molecule has 0 saturated carbocycles. The van der Waals surface area contributed by atoms with Crippen LogP contribution in [0.5, 0.6) is 0 Å². The second kappa shape index (κ2) is 4.54. The van der Waals surface area contributed by atoms with E-state index >= 15 is 0 Å². The molecule has 1 N–H and O–H groups in total. The lowest BCUT2D eigenvalue weighted by Crippen LogP contribution is -1.93. The molecule has 0 fully saturated rings. The van der Waals surface area contributed by atoms with Crippen LogP contribution in [0, 0.1) is 17.7 Å². The van der Waals surface area contributed by atoms with Gasteiger partial charge in [0.15, 0.2) is 6.29 Å². The Morgan fingerprint density at radius 3 is 2.86 bits per heavy atom. The molecule has 3 heteroatoms. The minimum atomic E-state index is -0.736. The third kappa shape index (κ3) is 2.68. The Morgan fingerprint density at radius 1 is 1.57 bits per heavy atom. The van der Waals surface area contributed by atoms with Crippen LogP contribution < -0.4 is 0 Å². The molecule has 0 aliphatic rings. The topological polar surface area (TPSA) is 37.3 Å². The van der Waals surface area contributed by atoms with Crippen LogP contribution in [0.25, 0.3) is 0 Å². The maximum atomic E-state index is 12.8. The molecule has 0 saturated heterocycles. The third-order valence-corrected chi connectivity index (χ3v) is 1.55. The molecule has 1 aromatic carbocycles. The van der Waals surface area contributed by atoms with Gasteiger partial charge in [-0.2, -0.15) is 0 Å². The van der Waals surface area contributed by atoms with Crippen molar-refractivity contribution in [1.82, 2.24) is 0 Å². The Hall–Kier alpha value is -1.66. The highest BCUT2D eigenvalue weighted by Gasteiger charge is 2.00. The fourth-order valence-corrected chi connectivity index (χ4v) is 0.900. The average molecular weight is 192 g/mol. The van der Waals surface area contributed by atoms with E-state index in [2.05, 4.69) is 11.8 Å².